The first-order valence-electron chi connectivity index (χ1n) is 6.47. The molecule has 7 heteroatoms. The van der Waals surface area contributed by atoms with E-state index in [0.29, 0.717) is 12.2 Å². The lowest BCUT2D eigenvalue weighted by molar-refractivity contribution is -0.123. The molecule has 0 aliphatic rings. The van der Waals surface area contributed by atoms with Crippen LogP contribution in [-0.2, 0) is 9.59 Å². The van der Waals surface area contributed by atoms with Gasteiger partial charge in [-0.15, -0.1) is 0 Å². The summed E-state index contributed by atoms with van der Waals surface area (Å²) in [6, 6.07) is 2.86. The molecular weight excluding hydrogens is 260 g/mol. The monoisotopic (exact) mass is 282 g/mol. The molecular formula is C13H22N4O3. The second kappa shape index (κ2) is 7.06. The normalized spacial score (nSPS) is 14.2. The molecule has 0 aliphatic heterocycles. The Hall–Kier alpha value is -1.86. The summed E-state index contributed by atoms with van der Waals surface area (Å²) < 4.78 is 5.59. The number of nitrogens with zero attached hydrogens (tertiary/aromatic N) is 1. The summed E-state index contributed by atoms with van der Waals surface area (Å²) in [7, 11) is 0. The summed E-state index contributed by atoms with van der Waals surface area (Å²) in [6.07, 6.45) is 0.651. The lowest BCUT2D eigenvalue weighted by Crippen LogP contribution is -2.47. The number of hydrogen-bond donors (Lipinski definition) is 3. The van der Waals surface area contributed by atoms with Gasteiger partial charge in [0.15, 0.2) is 0 Å². The van der Waals surface area contributed by atoms with Gasteiger partial charge in [0.2, 0.25) is 11.8 Å². The largest absolute Gasteiger partial charge is 0.465 e. The minimum absolute atomic E-state index is 0.110. The average Bonchev–Trinajstić information content (AvgIpc) is 2.74. The van der Waals surface area contributed by atoms with E-state index < -0.39 is 17.9 Å². The van der Waals surface area contributed by atoms with Crippen molar-refractivity contribution in [1.29, 1.82) is 0 Å². The maximum atomic E-state index is 11.2. The standard InChI is InChI=1S/C13H22N4O3/c1-3-9(14)13(10-5-4-8(2)20-10)17(6-11(15)18)7-12(16)19/h4-5,9,13H,3,6-7,14H2,1-2H3,(H2,15,18)(H2,16,19). The number of amides is 2. The lowest BCUT2D eigenvalue weighted by Gasteiger charge is -2.32. The van der Waals surface area contributed by atoms with E-state index in [0.717, 1.165) is 5.76 Å². The van der Waals surface area contributed by atoms with Gasteiger partial charge in [-0.3, -0.25) is 14.5 Å². The minimum atomic E-state index is -0.553. The fourth-order valence-electron chi connectivity index (χ4n) is 2.15. The van der Waals surface area contributed by atoms with Gasteiger partial charge in [0.1, 0.15) is 11.5 Å². The molecule has 1 aromatic rings. The van der Waals surface area contributed by atoms with Crippen LogP contribution in [0.15, 0.2) is 16.5 Å². The number of nitrogens with two attached hydrogens (primary N) is 3. The van der Waals surface area contributed by atoms with Crippen molar-refractivity contribution in [1.82, 2.24) is 4.90 Å². The lowest BCUT2D eigenvalue weighted by atomic mass is 10.0. The topological polar surface area (TPSA) is 129 Å². The van der Waals surface area contributed by atoms with Gasteiger partial charge in [-0.1, -0.05) is 6.92 Å². The van der Waals surface area contributed by atoms with E-state index in [2.05, 4.69) is 0 Å². The molecule has 1 rings (SSSR count). The number of primary amides is 2. The second-order valence-corrected chi connectivity index (χ2v) is 4.80. The molecule has 0 saturated carbocycles. The van der Waals surface area contributed by atoms with Gasteiger partial charge >= 0.3 is 0 Å². The first-order chi connectivity index (χ1) is 9.35. The third kappa shape index (κ3) is 4.36. The molecule has 2 unspecified atom stereocenters. The molecule has 0 fully saturated rings. The first-order valence-corrected chi connectivity index (χ1v) is 6.47. The van der Waals surface area contributed by atoms with Crippen LogP contribution in [0.3, 0.4) is 0 Å². The molecule has 0 spiro atoms. The van der Waals surface area contributed by atoms with Gasteiger partial charge in [0.25, 0.3) is 0 Å². The molecule has 20 heavy (non-hydrogen) atoms. The summed E-state index contributed by atoms with van der Waals surface area (Å²) in [5.74, 6) is 0.219. The SMILES string of the molecule is CCC(N)C(c1ccc(C)o1)N(CC(N)=O)CC(N)=O. The summed E-state index contributed by atoms with van der Waals surface area (Å²) in [5.41, 5.74) is 16.6. The average molecular weight is 282 g/mol. The first kappa shape index (κ1) is 16.2. The third-order valence-corrected chi connectivity index (χ3v) is 3.04. The quantitative estimate of drug-likeness (QED) is 0.599. The van der Waals surface area contributed by atoms with Crippen LogP contribution in [0.5, 0.6) is 0 Å². The number of carbonyl (C=O) groups is 2. The molecule has 7 nitrogen and oxygen atoms in total. The third-order valence-electron chi connectivity index (χ3n) is 3.04. The van der Waals surface area contributed by atoms with Crippen LogP contribution in [-0.4, -0.2) is 35.8 Å². The van der Waals surface area contributed by atoms with E-state index in [-0.39, 0.29) is 19.1 Å². The summed E-state index contributed by atoms with van der Waals surface area (Å²) in [4.78, 5) is 24.0. The van der Waals surface area contributed by atoms with E-state index in [9.17, 15) is 9.59 Å². The van der Waals surface area contributed by atoms with Crippen LogP contribution in [0.25, 0.3) is 0 Å². The highest BCUT2D eigenvalue weighted by Gasteiger charge is 2.30. The Morgan fingerprint density at radius 3 is 2.15 bits per heavy atom. The fourth-order valence-corrected chi connectivity index (χ4v) is 2.15. The molecule has 0 aliphatic carbocycles. The molecule has 6 N–H and O–H groups in total. The van der Waals surface area contributed by atoms with Crippen molar-refractivity contribution in [3.05, 3.63) is 23.7 Å². The molecule has 0 saturated heterocycles. The van der Waals surface area contributed by atoms with E-state index in [1.807, 2.05) is 13.8 Å². The molecule has 1 aromatic heterocycles. The maximum absolute atomic E-state index is 11.2. The van der Waals surface area contributed by atoms with Crippen LogP contribution in [0, 0.1) is 6.92 Å². The molecule has 2 atom stereocenters. The van der Waals surface area contributed by atoms with Gasteiger partial charge < -0.3 is 21.6 Å². The second-order valence-electron chi connectivity index (χ2n) is 4.80. The summed E-state index contributed by atoms with van der Waals surface area (Å²) in [6.45, 7) is 3.51. The van der Waals surface area contributed by atoms with Crippen molar-refractivity contribution in [2.24, 2.45) is 17.2 Å². The Balaban J connectivity index is 3.09. The Labute approximate surface area is 118 Å². The van der Waals surface area contributed by atoms with Gasteiger partial charge in [0, 0.05) is 6.04 Å². The Morgan fingerprint density at radius 1 is 1.25 bits per heavy atom. The van der Waals surface area contributed by atoms with Gasteiger partial charge in [-0.05, 0) is 25.5 Å². The summed E-state index contributed by atoms with van der Waals surface area (Å²) >= 11 is 0. The highest BCUT2D eigenvalue weighted by Crippen LogP contribution is 2.26. The smallest absolute Gasteiger partial charge is 0.231 e. The number of aryl methyl sites for hydroxylation is 1. The van der Waals surface area contributed by atoms with Crippen LogP contribution in [0.1, 0.15) is 30.9 Å². The van der Waals surface area contributed by atoms with Gasteiger partial charge in [0.05, 0.1) is 19.1 Å². The van der Waals surface area contributed by atoms with Gasteiger partial charge in [-0.25, -0.2) is 0 Å². The predicted molar refractivity (Wildman–Crippen MR) is 74.4 cm³/mol. The number of furan rings is 1. The van der Waals surface area contributed by atoms with Crippen molar-refractivity contribution >= 4 is 11.8 Å². The minimum Gasteiger partial charge on any atom is -0.465 e. The number of rotatable bonds is 8. The zero-order valence-corrected chi connectivity index (χ0v) is 11.8. The van der Waals surface area contributed by atoms with E-state index in [4.69, 9.17) is 21.6 Å². The van der Waals surface area contributed by atoms with E-state index >= 15 is 0 Å². The molecule has 2 amide bonds. The zero-order chi connectivity index (χ0) is 15.3. The maximum Gasteiger partial charge on any atom is 0.231 e. The Bertz CT molecular complexity index is 456. The fraction of sp³-hybridized carbons (Fsp3) is 0.538. The highest BCUT2D eigenvalue weighted by atomic mass is 16.3. The molecule has 0 bridgehead atoms. The molecule has 1 heterocycles. The van der Waals surface area contributed by atoms with Gasteiger partial charge in [-0.2, -0.15) is 0 Å². The van der Waals surface area contributed by atoms with Crippen molar-refractivity contribution in [3.63, 3.8) is 0 Å². The number of hydrogen-bond acceptors (Lipinski definition) is 5. The van der Waals surface area contributed by atoms with Crippen LogP contribution in [0.4, 0.5) is 0 Å². The van der Waals surface area contributed by atoms with Crippen molar-refractivity contribution in [2.75, 3.05) is 13.1 Å². The Morgan fingerprint density at radius 2 is 1.80 bits per heavy atom. The number of carbonyl (C=O) groups excluding carboxylic acids is 2. The van der Waals surface area contributed by atoms with Crippen molar-refractivity contribution in [2.45, 2.75) is 32.4 Å². The Kier molecular flexibility index (Phi) is 5.72. The van der Waals surface area contributed by atoms with Crippen LogP contribution < -0.4 is 17.2 Å². The van der Waals surface area contributed by atoms with E-state index in [1.54, 1.807) is 17.0 Å². The van der Waals surface area contributed by atoms with Crippen LogP contribution >= 0.6 is 0 Å². The summed E-state index contributed by atoms with van der Waals surface area (Å²) in [5, 5.41) is 0. The van der Waals surface area contributed by atoms with Crippen LogP contribution in [0.2, 0.25) is 0 Å². The zero-order valence-electron chi connectivity index (χ0n) is 11.8. The van der Waals surface area contributed by atoms with Crippen molar-refractivity contribution < 1.29 is 14.0 Å². The van der Waals surface area contributed by atoms with Crippen molar-refractivity contribution in [3.8, 4) is 0 Å². The molecule has 0 aromatic carbocycles. The highest BCUT2D eigenvalue weighted by molar-refractivity contribution is 5.79. The molecule has 112 valence electrons. The van der Waals surface area contributed by atoms with E-state index in [1.165, 1.54) is 0 Å². The predicted octanol–water partition coefficient (Wildman–Crippen LogP) is -0.361. The molecule has 0 radical (unpaired) electrons.